The van der Waals surface area contributed by atoms with Crippen molar-refractivity contribution in [3.63, 3.8) is 0 Å². The van der Waals surface area contributed by atoms with Crippen molar-refractivity contribution in [2.24, 2.45) is 5.84 Å². The van der Waals surface area contributed by atoms with Crippen LogP contribution < -0.4 is 11.3 Å². The van der Waals surface area contributed by atoms with Crippen molar-refractivity contribution in [2.75, 3.05) is 5.75 Å². The Kier molecular flexibility index (Phi) is 5.22. The van der Waals surface area contributed by atoms with Gasteiger partial charge in [0.2, 0.25) is 0 Å². The summed E-state index contributed by atoms with van der Waals surface area (Å²) in [6.07, 6.45) is 0. The first-order valence-electron chi connectivity index (χ1n) is 5.79. The number of benzene rings is 2. The number of halogens is 2. The Morgan fingerprint density at radius 3 is 2.32 bits per heavy atom. The number of hydrogen-bond donors (Lipinski definition) is 2. The molecule has 2 nitrogen and oxygen atoms in total. The van der Waals surface area contributed by atoms with Crippen molar-refractivity contribution in [3.8, 4) is 0 Å². The van der Waals surface area contributed by atoms with Crippen molar-refractivity contribution in [3.05, 3.63) is 64.9 Å². The summed E-state index contributed by atoms with van der Waals surface area (Å²) >= 11 is 7.47. The molecule has 5 heteroatoms. The maximum absolute atomic E-state index is 12.8. The number of nitrogens with two attached hydrogens (primary N) is 1. The van der Waals surface area contributed by atoms with Gasteiger partial charge in [-0.3, -0.25) is 11.3 Å². The molecule has 0 bridgehead atoms. The first-order valence-corrected chi connectivity index (χ1v) is 7.15. The van der Waals surface area contributed by atoms with Crippen LogP contribution in [0.15, 0.2) is 53.4 Å². The van der Waals surface area contributed by atoms with Crippen LogP contribution in [0, 0.1) is 5.82 Å². The lowest BCUT2D eigenvalue weighted by Crippen LogP contribution is -2.29. The minimum atomic E-state index is -0.226. The second-order valence-electron chi connectivity index (χ2n) is 4.04. The molecule has 0 spiro atoms. The molecule has 19 heavy (non-hydrogen) atoms. The topological polar surface area (TPSA) is 38.0 Å². The fraction of sp³-hybridized carbons (Fsp3) is 0.143. The zero-order valence-corrected chi connectivity index (χ0v) is 11.7. The van der Waals surface area contributed by atoms with E-state index >= 15 is 0 Å². The van der Waals surface area contributed by atoms with Crippen LogP contribution in [0.2, 0.25) is 5.02 Å². The van der Waals surface area contributed by atoms with Crippen molar-refractivity contribution in [1.82, 2.24) is 5.43 Å². The quantitative estimate of drug-likeness (QED) is 0.501. The van der Waals surface area contributed by atoms with Gasteiger partial charge in [-0.2, -0.15) is 0 Å². The summed E-state index contributed by atoms with van der Waals surface area (Å²) in [5.74, 6) is 6.10. The van der Waals surface area contributed by atoms with Crippen molar-refractivity contribution >= 4 is 23.4 Å². The highest BCUT2D eigenvalue weighted by Crippen LogP contribution is 2.25. The summed E-state index contributed by atoms with van der Waals surface area (Å²) in [7, 11) is 0. The highest BCUT2D eigenvalue weighted by Gasteiger charge is 2.10. The molecule has 3 N–H and O–H groups in total. The molecule has 0 amide bonds. The highest BCUT2D eigenvalue weighted by molar-refractivity contribution is 7.99. The van der Waals surface area contributed by atoms with Crippen LogP contribution in [0.25, 0.3) is 0 Å². The Morgan fingerprint density at radius 1 is 1.11 bits per heavy atom. The molecule has 2 aromatic carbocycles. The lowest BCUT2D eigenvalue weighted by molar-refractivity contribution is 0.610. The normalized spacial score (nSPS) is 12.4. The van der Waals surface area contributed by atoms with Gasteiger partial charge in [0.05, 0.1) is 6.04 Å². The van der Waals surface area contributed by atoms with Crippen molar-refractivity contribution < 1.29 is 4.39 Å². The number of hydrogen-bond acceptors (Lipinski definition) is 3. The first-order chi connectivity index (χ1) is 9.19. The van der Waals surface area contributed by atoms with Crippen LogP contribution in [0.3, 0.4) is 0 Å². The number of thioether (sulfide) groups is 1. The molecule has 0 radical (unpaired) electrons. The summed E-state index contributed by atoms with van der Waals surface area (Å²) in [6.45, 7) is 0. The van der Waals surface area contributed by atoms with Crippen LogP contribution in [0.5, 0.6) is 0 Å². The monoisotopic (exact) mass is 296 g/mol. The second-order valence-corrected chi connectivity index (χ2v) is 5.57. The van der Waals surface area contributed by atoms with Crippen LogP contribution in [-0.2, 0) is 0 Å². The smallest absolute Gasteiger partial charge is 0.123 e. The zero-order chi connectivity index (χ0) is 13.7. The molecule has 0 aliphatic rings. The summed E-state index contributed by atoms with van der Waals surface area (Å²) in [6, 6.07) is 14.0. The van der Waals surface area contributed by atoms with Crippen molar-refractivity contribution in [1.29, 1.82) is 0 Å². The third-order valence-electron chi connectivity index (χ3n) is 2.70. The van der Waals surface area contributed by atoms with E-state index in [2.05, 4.69) is 5.43 Å². The SMILES string of the molecule is NNC(CSc1ccc(F)cc1)c1ccc(Cl)cc1. The Hall–Kier alpha value is -1.07. The molecule has 2 rings (SSSR count). The molecular weight excluding hydrogens is 283 g/mol. The number of rotatable bonds is 5. The van der Waals surface area contributed by atoms with Gasteiger partial charge in [-0.1, -0.05) is 23.7 Å². The Labute approximate surface area is 121 Å². The maximum Gasteiger partial charge on any atom is 0.123 e. The van der Waals surface area contributed by atoms with Crippen LogP contribution in [0.1, 0.15) is 11.6 Å². The fourth-order valence-electron chi connectivity index (χ4n) is 1.65. The third-order valence-corrected chi connectivity index (χ3v) is 4.06. The van der Waals surface area contributed by atoms with Gasteiger partial charge in [0.25, 0.3) is 0 Å². The minimum absolute atomic E-state index is 0.0207. The van der Waals surface area contributed by atoms with E-state index in [1.54, 1.807) is 23.9 Å². The van der Waals surface area contributed by atoms with E-state index < -0.39 is 0 Å². The zero-order valence-electron chi connectivity index (χ0n) is 10.1. The summed E-state index contributed by atoms with van der Waals surface area (Å²) in [5.41, 5.74) is 3.85. The molecule has 0 saturated heterocycles. The van der Waals surface area contributed by atoms with Gasteiger partial charge < -0.3 is 0 Å². The van der Waals surface area contributed by atoms with E-state index in [1.165, 1.54) is 12.1 Å². The largest absolute Gasteiger partial charge is 0.271 e. The lowest BCUT2D eigenvalue weighted by atomic mass is 10.1. The summed E-state index contributed by atoms with van der Waals surface area (Å²) < 4.78 is 12.8. The Balaban J connectivity index is 1.99. The Bertz CT molecular complexity index is 516. The first kappa shape index (κ1) is 14.3. The lowest BCUT2D eigenvalue weighted by Gasteiger charge is -2.16. The van der Waals surface area contributed by atoms with Crippen LogP contribution >= 0.6 is 23.4 Å². The van der Waals surface area contributed by atoms with E-state index in [0.29, 0.717) is 5.02 Å². The molecule has 0 aliphatic carbocycles. The predicted molar refractivity (Wildman–Crippen MR) is 78.6 cm³/mol. The molecular formula is C14H14ClFN2S. The number of nitrogens with one attached hydrogen (secondary N) is 1. The maximum atomic E-state index is 12.8. The van der Waals surface area contributed by atoms with Crippen LogP contribution in [-0.4, -0.2) is 5.75 Å². The molecule has 0 fully saturated rings. The predicted octanol–water partition coefficient (Wildman–Crippen LogP) is 3.78. The highest BCUT2D eigenvalue weighted by atomic mass is 35.5. The molecule has 0 aromatic heterocycles. The molecule has 1 unspecified atom stereocenters. The average Bonchev–Trinajstić information content (AvgIpc) is 2.43. The second kappa shape index (κ2) is 6.91. The van der Waals surface area contributed by atoms with Gasteiger partial charge in [-0.05, 0) is 42.0 Å². The van der Waals surface area contributed by atoms with E-state index in [0.717, 1.165) is 16.2 Å². The standard InChI is InChI=1S/C14H14ClFN2S/c15-11-3-1-10(2-4-11)14(18-17)9-19-13-7-5-12(16)6-8-13/h1-8,14,18H,9,17H2. The molecule has 2 aromatic rings. The molecule has 0 saturated carbocycles. The summed E-state index contributed by atoms with van der Waals surface area (Å²) in [5, 5.41) is 0.700. The molecule has 1 atom stereocenters. The molecule has 0 aliphatic heterocycles. The average molecular weight is 297 g/mol. The number of hydrazine groups is 1. The van der Waals surface area contributed by atoms with E-state index in [9.17, 15) is 4.39 Å². The Morgan fingerprint density at radius 2 is 1.74 bits per heavy atom. The fourth-order valence-corrected chi connectivity index (χ4v) is 2.75. The van der Waals surface area contributed by atoms with E-state index in [-0.39, 0.29) is 11.9 Å². The molecule has 100 valence electrons. The minimum Gasteiger partial charge on any atom is -0.271 e. The third kappa shape index (κ3) is 4.21. The van der Waals surface area contributed by atoms with Crippen molar-refractivity contribution in [2.45, 2.75) is 10.9 Å². The molecule has 0 heterocycles. The van der Waals surface area contributed by atoms with E-state index in [4.69, 9.17) is 17.4 Å². The van der Waals surface area contributed by atoms with Crippen LogP contribution in [0.4, 0.5) is 4.39 Å². The van der Waals surface area contributed by atoms with Gasteiger partial charge >= 0.3 is 0 Å². The summed E-state index contributed by atoms with van der Waals surface area (Å²) in [4.78, 5) is 1.01. The van der Waals surface area contributed by atoms with Gasteiger partial charge in [-0.15, -0.1) is 11.8 Å². The van der Waals surface area contributed by atoms with E-state index in [1.807, 2.05) is 24.3 Å². The van der Waals surface area contributed by atoms with Gasteiger partial charge in [0.1, 0.15) is 5.82 Å². The van der Waals surface area contributed by atoms with Gasteiger partial charge in [0.15, 0.2) is 0 Å². The van der Waals surface area contributed by atoms with Gasteiger partial charge in [0, 0.05) is 15.7 Å². The van der Waals surface area contributed by atoms with Gasteiger partial charge in [-0.25, -0.2) is 4.39 Å².